The molecular weight excluding hydrogens is 300 g/mol. The summed E-state index contributed by atoms with van der Waals surface area (Å²) in [6.07, 6.45) is 2.50. The molecule has 0 N–H and O–H groups in total. The molecule has 0 aliphatic heterocycles. The van der Waals surface area contributed by atoms with E-state index >= 15 is 0 Å². The number of hydrogen-bond acceptors (Lipinski definition) is 2. The van der Waals surface area contributed by atoms with Gasteiger partial charge in [-0.3, -0.25) is 0 Å². The van der Waals surface area contributed by atoms with E-state index in [1.165, 1.54) is 15.9 Å². The highest BCUT2D eigenvalue weighted by Gasteiger charge is 2.29. The first-order valence-electron chi connectivity index (χ1n) is 8.01. The molecule has 0 spiro atoms. The molecule has 0 aliphatic rings. The first kappa shape index (κ1) is 17.2. The third-order valence-electron chi connectivity index (χ3n) is 4.11. The third-order valence-corrected chi connectivity index (χ3v) is 7.82. The van der Waals surface area contributed by atoms with Gasteiger partial charge in [-0.2, -0.15) is 0 Å². The Morgan fingerprint density at radius 1 is 1.00 bits per heavy atom. The number of benzene rings is 2. The lowest BCUT2D eigenvalue weighted by Gasteiger charge is -2.27. The van der Waals surface area contributed by atoms with Gasteiger partial charge in [0.1, 0.15) is 8.07 Å². The Balaban J connectivity index is 2.38. The van der Waals surface area contributed by atoms with Crippen molar-refractivity contribution in [2.45, 2.75) is 26.4 Å². The number of hydrogen-bond donors (Lipinski definition) is 0. The minimum Gasteiger partial charge on any atom is -0.463 e. The van der Waals surface area contributed by atoms with E-state index in [1.54, 1.807) is 6.08 Å². The summed E-state index contributed by atoms with van der Waals surface area (Å²) in [7, 11) is -1.92. The highest BCUT2D eigenvalue weighted by molar-refractivity contribution is 6.95. The van der Waals surface area contributed by atoms with E-state index in [0.29, 0.717) is 6.61 Å². The number of esters is 1. The summed E-state index contributed by atoms with van der Waals surface area (Å²) in [5.41, 5.74) is 1.22. The summed E-state index contributed by atoms with van der Waals surface area (Å²) in [6.45, 7) is 6.82. The SMILES string of the molecule is CCOC(=O)/C=C(\Cc1ccccc1)[Si](C)(C)c1ccccc1. The average molecular weight is 324 g/mol. The molecule has 0 aromatic heterocycles. The lowest BCUT2D eigenvalue weighted by atomic mass is 10.1. The zero-order valence-corrected chi connectivity index (χ0v) is 15.1. The molecule has 2 rings (SSSR count). The molecule has 0 bridgehead atoms. The topological polar surface area (TPSA) is 26.3 Å². The molecule has 2 aromatic carbocycles. The molecule has 0 unspecified atom stereocenters. The predicted molar refractivity (Wildman–Crippen MR) is 98.4 cm³/mol. The molecule has 2 aromatic rings. The van der Waals surface area contributed by atoms with Crippen LogP contribution in [0.2, 0.25) is 13.1 Å². The largest absolute Gasteiger partial charge is 0.463 e. The Kier molecular flexibility index (Phi) is 5.94. The Labute approximate surface area is 139 Å². The Morgan fingerprint density at radius 2 is 1.57 bits per heavy atom. The van der Waals surface area contributed by atoms with Crippen LogP contribution in [-0.2, 0) is 16.0 Å². The summed E-state index contributed by atoms with van der Waals surface area (Å²) in [6, 6.07) is 20.8. The zero-order valence-electron chi connectivity index (χ0n) is 14.1. The molecule has 2 nitrogen and oxygen atoms in total. The summed E-state index contributed by atoms with van der Waals surface area (Å²) in [4.78, 5) is 12.0. The second kappa shape index (κ2) is 7.93. The van der Waals surface area contributed by atoms with E-state index in [0.717, 1.165) is 6.42 Å². The van der Waals surface area contributed by atoms with Gasteiger partial charge in [-0.1, -0.05) is 84.1 Å². The molecule has 120 valence electrons. The maximum Gasteiger partial charge on any atom is 0.330 e. The van der Waals surface area contributed by atoms with Gasteiger partial charge >= 0.3 is 5.97 Å². The van der Waals surface area contributed by atoms with Crippen LogP contribution in [0.1, 0.15) is 12.5 Å². The third kappa shape index (κ3) is 4.67. The van der Waals surface area contributed by atoms with E-state index in [9.17, 15) is 4.79 Å². The Bertz CT molecular complexity index is 661. The van der Waals surface area contributed by atoms with Crippen molar-refractivity contribution in [2.24, 2.45) is 0 Å². The van der Waals surface area contributed by atoms with Crippen LogP contribution in [-0.4, -0.2) is 20.7 Å². The number of allylic oxidation sites excluding steroid dienone is 1. The van der Waals surface area contributed by atoms with Crippen LogP contribution >= 0.6 is 0 Å². The Morgan fingerprint density at radius 3 is 2.13 bits per heavy atom. The van der Waals surface area contributed by atoms with Crippen LogP contribution in [0.25, 0.3) is 0 Å². The van der Waals surface area contributed by atoms with Gasteiger partial charge in [-0.25, -0.2) is 4.79 Å². The van der Waals surface area contributed by atoms with Gasteiger partial charge in [0.15, 0.2) is 0 Å². The van der Waals surface area contributed by atoms with Crippen molar-refractivity contribution in [2.75, 3.05) is 6.61 Å². The molecule has 0 aliphatic carbocycles. The summed E-state index contributed by atoms with van der Waals surface area (Å²) in [5.74, 6) is -0.241. The number of ether oxygens (including phenoxy) is 1. The predicted octanol–water partition coefficient (Wildman–Crippen LogP) is 3.87. The summed E-state index contributed by atoms with van der Waals surface area (Å²) < 4.78 is 5.15. The van der Waals surface area contributed by atoms with Crippen molar-refractivity contribution in [1.82, 2.24) is 0 Å². The number of carbonyl (C=O) groups is 1. The summed E-state index contributed by atoms with van der Waals surface area (Å²) >= 11 is 0. The molecular formula is C20H24O2Si. The monoisotopic (exact) mass is 324 g/mol. The Hall–Kier alpha value is -2.13. The van der Waals surface area contributed by atoms with Gasteiger partial charge in [-0.15, -0.1) is 0 Å². The van der Waals surface area contributed by atoms with Crippen LogP contribution in [0.3, 0.4) is 0 Å². The lowest BCUT2D eigenvalue weighted by Crippen LogP contribution is -2.44. The first-order chi connectivity index (χ1) is 11.0. The van der Waals surface area contributed by atoms with Crippen LogP contribution in [0, 0.1) is 0 Å². The van der Waals surface area contributed by atoms with Crippen molar-refractivity contribution in [3.8, 4) is 0 Å². The summed E-state index contributed by atoms with van der Waals surface area (Å²) in [5, 5.41) is 2.51. The van der Waals surface area contributed by atoms with Gasteiger partial charge in [0.2, 0.25) is 0 Å². The van der Waals surface area contributed by atoms with Crippen molar-refractivity contribution in [1.29, 1.82) is 0 Å². The molecule has 0 amide bonds. The van der Waals surface area contributed by atoms with Gasteiger partial charge in [0.05, 0.1) is 6.61 Å². The fourth-order valence-corrected chi connectivity index (χ4v) is 5.16. The van der Waals surface area contributed by atoms with E-state index in [-0.39, 0.29) is 5.97 Å². The van der Waals surface area contributed by atoms with E-state index in [2.05, 4.69) is 49.5 Å². The van der Waals surface area contributed by atoms with Gasteiger partial charge in [0, 0.05) is 6.08 Å². The molecule has 0 saturated heterocycles. The number of rotatable bonds is 6. The van der Waals surface area contributed by atoms with Gasteiger partial charge in [0.25, 0.3) is 0 Å². The van der Waals surface area contributed by atoms with Crippen molar-refractivity contribution >= 4 is 19.2 Å². The minimum atomic E-state index is -1.92. The van der Waals surface area contributed by atoms with Crippen molar-refractivity contribution in [3.05, 3.63) is 77.5 Å². The zero-order chi connectivity index (χ0) is 16.7. The average Bonchev–Trinajstić information content (AvgIpc) is 2.56. The fraction of sp³-hybridized carbons (Fsp3) is 0.250. The molecule has 0 atom stereocenters. The lowest BCUT2D eigenvalue weighted by molar-refractivity contribution is -0.137. The first-order valence-corrected chi connectivity index (χ1v) is 11.0. The highest BCUT2D eigenvalue weighted by atomic mass is 28.3. The van der Waals surface area contributed by atoms with E-state index in [1.807, 2.05) is 31.2 Å². The highest BCUT2D eigenvalue weighted by Crippen LogP contribution is 2.20. The van der Waals surface area contributed by atoms with Gasteiger partial charge in [-0.05, 0) is 18.9 Å². The fourth-order valence-electron chi connectivity index (χ4n) is 2.63. The molecule has 23 heavy (non-hydrogen) atoms. The van der Waals surface area contributed by atoms with Crippen LogP contribution < -0.4 is 5.19 Å². The molecule has 0 radical (unpaired) electrons. The van der Waals surface area contributed by atoms with Crippen molar-refractivity contribution < 1.29 is 9.53 Å². The van der Waals surface area contributed by atoms with Crippen LogP contribution in [0.15, 0.2) is 71.9 Å². The van der Waals surface area contributed by atoms with Crippen molar-refractivity contribution in [3.63, 3.8) is 0 Å². The smallest absolute Gasteiger partial charge is 0.330 e. The standard InChI is InChI=1S/C20H24O2Si/c1-4-22-20(21)16-19(15-17-11-7-5-8-12-17)23(2,3)18-13-9-6-10-14-18/h5-14,16H,4,15H2,1-3H3/b19-16+. The van der Waals surface area contributed by atoms with E-state index in [4.69, 9.17) is 4.74 Å². The molecule has 0 heterocycles. The molecule has 3 heteroatoms. The second-order valence-corrected chi connectivity index (χ2v) is 10.5. The quantitative estimate of drug-likeness (QED) is 0.458. The second-order valence-electron chi connectivity index (χ2n) is 6.08. The maximum atomic E-state index is 12.0. The number of carbonyl (C=O) groups excluding carboxylic acids is 1. The van der Waals surface area contributed by atoms with Crippen LogP contribution in [0.4, 0.5) is 0 Å². The maximum absolute atomic E-state index is 12.0. The normalized spacial score (nSPS) is 12.0. The molecule has 0 fully saturated rings. The van der Waals surface area contributed by atoms with E-state index < -0.39 is 8.07 Å². The molecule has 0 saturated carbocycles. The minimum absolute atomic E-state index is 0.241. The van der Waals surface area contributed by atoms with Gasteiger partial charge < -0.3 is 4.74 Å². The van der Waals surface area contributed by atoms with Crippen LogP contribution in [0.5, 0.6) is 0 Å².